The second-order valence-electron chi connectivity index (χ2n) is 3.53. The van der Waals surface area contributed by atoms with Crippen molar-refractivity contribution >= 4 is 6.01 Å². The fourth-order valence-corrected chi connectivity index (χ4v) is 1.41. The quantitative estimate of drug-likeness (QED) is 0.771. The van der Waals surface area contributed by atoms with Gasteiger partial charge in [-0.3, -0.25) is 0 Å². The largest absolute Gasteiger partial charge is 0.406 e. The Morgan fingerprint density at radius 2 is 2.07 bits per heavy atom. The van der Waals surface area contributed by atoms with Crippen molar-refractivity contribution in [2.75, 3.05) is 38.3 Å². The summed E-state index contributed by atoms with van der Waals surface area (Å²) < 4.78 is 10.8. The average molecular weight is 212 g/mol. The van der Waals surface area contributed by atoms with Crippen molar-refractivity contribution < 1.29 is 9.15 Å². The molecule has 1 fully saturated rings. The van der Waals surface area contributed by atoms with Gasteiger partial charge in [0.1, 0.15) is 0 Å². The molecule has 0 aromatic carbocycles. The number of morpholine rings is 1. The zero-order valence-electron chi connectivity index (χ0n) is 9.06. The third-order valence-corrected chi connectivity index (χ3v) is 2.52. The first-order valence-corrected chi connectivity index (χ1v) is 5.14. The van der Waals surface area contributed by atoms with E-state index in [0.29, 0.717) is 11.9 Å². The molecule has 0 bridgehead atoms. The first-order valence-electron chi connectivity index (χ1n) is 5.14. The minimum atomic E-state index is 0.0901. The van der Waals surface area contributed by atoms with Crippen LogP contribution in [-0.2, 0) is 4.74 Å². The second kappa shape index (κ2) is 4.59. The van der Waals surface area contributed by atoms with Crippen molar-refractivity contribution in [3.05, 3.63) is 5.89 Å². The summed E-state index contributed by atoms with van der Waals surface area (Å²) in [5.41, 5.74) is 0. The number of nitrogens with one attached hydrogen (secondary N) is 1. The smallest absolute Gasteiger partial charge is 0.318 e. The van der Waals surface area contributed by atoms with Crippen LogP contribution in [0.15, 0.2) is 4.42 Å². The average Bonchev–Trinajstić information content (AvgIpc) is 2.78. The maximum Gasteiger partial charge on any atom is 0.318 e. The summed E-state index contributed by atoms with van der Waals surface area (Å²) in [5, 5.41) is 11.1. The number of aromatic nitrogens is 2. The summed E-state index contributed by atoms with van der Waals surface area (Å²) in [5.74, 6) is 0.624. The Morgan fingerprint density at radius 1 is 1.33 bits per heavy atom. The Balaban J connectivity index is 2.05. The molecule has 6 heteroatoms. The van der Waals surface area contributed by atoms with E-state index in [1.807, 2.05) is 18.9 Å². The topological polar surface area (TPSA) is 63.4 Å². The maximum absolute atomic E-state index is 5.56. The minimum Gasteiger partial charge on any atom is -0.406 e. The molecule has 6 nitrogen and oxygen atoms in total. The highest BCUT2D eigenvalue weighted by Crippen LogP contribution is 2.17. The molecule has 1 aliphatic heterocycles. The Bertz CT molecular complexity index is 309. The molecule has 0 spiro atoms. The molecular weight excluding hydrogens is 196 g/mol. The third-order valence-electron chi connectivity index (χ3n) is 2.52. The highest BCUT2D eigenvalue weighted by Gasteiger charge is 2.18. The first kappa shape index (κ1) is 10.4. The molecular formula is C9H16N4O2. The lowest BCUT2D eigenvalue weighted by Crippen LogP contribution is -2.36. The number of hydrogen-bond acceptors (Lipinski definition) is 6. The predicted octanol–water partition coefficient (Wildman–Crippen LogP) is 0.187. The van der Waals surface area contributed by atoms with Gasteiger partial charge in [-0.1, -0.05) is 5.10 Å². The summed E-state index contributed by atoms with van der Waals surface area (Å²) in [6, 6.07) is 0.683. The lowest BCUT2D eigenvalue weighted by Gasteiger charge is -2.24. The predicted molar refractivity (Wildman–Crippen MR) is 54.8 cm³/mol. The Kier molecular flexibility index (Phi) is 3.17. The zero-order chi connectivity index (χ0) is 10.7. The van der Waals surface area contributed by atoms with E-state index in [-0.39, 0.29) is 6.04 Å². The van der Waals surface area contributed by atoms with Gasteiger partial charge in [-0.25, -0.2) is 0 Å². The van der Waals surface area contributed by atoms with E-state index in [4.69, 9.17) is 9.15 Å². The van der Waals surface area contributed by atoms with Crippen molar-refractivity contribution in [2.24, 2.45) is 0 Å². The fourth-order valence-electron chi connectivity index (χ4n) is 1.41. The van der Waals surface area contributed by atoms with E-state index in [2.05, 4.69) is 15.5 Å². The van der Waals surface area contributed by atoms with Gasteiger partial charge in [0.2, 0.25) is 5.89 Å². The number of hydrogen-bond donors (Lipinski definition) is 1. The molecule has 0 radical (unpaired) electrons. The van der Waals surface area contributed by atoms with Gasteiger partial charge < -0.3 is 19.4 Å². The number of rotatable bonds is 3. The minimum absolute atomic E-state index is 0.0901. The van der Waals surface area contributed by atoms with Gasteiger partial charge in [0.05, 0.1) is 19.3 Å². The molecule has 1 aromatic heterocycles. The highest BCUT2D eigenvalue weighted by atomic mass is 16.5. The van der Waals surface area contributed by atoms with Gasteiger partial charge in [0.25, 0.3) is 0 Å². The van der Waals surface area contributed by atoms with Crippen LogP contribution >= 0.6 is 0 Å². The maximum atomic E-state index is 5.56. The van der Waals surface area contributed by atoms with Crippen LogP contribution in [0.4, 0.5) is 6.01 Å². The first-order chi connectivity index (χ1) is 7.31. The van der Waals surface area contributed by atoms with E-state index in [0.717, 1.165) is 26.3 Å². The second-order valence-corrected chi connectivity index (χ2v) is 3.53. The van der Waals surface area contributed by atoms with Crippen LogP contribution in [0.25, 0.3) is 0 Å². The van der Waals surface area contributed by atoms with Crippen LogP contribution in [0.1, 0.15) is 18.9 Å². The highest BCUT2D eigenvalue weighted by molar-refractivity contribution is 5.24. The fraction of sp³-hybridized carbons (Fsp3) is 0.778. The molecule has 1 atom stereocenters. The Hall–Kier alpha value is -1.14. The van der Waals surface area contributed by atoms with E-state index in [1.165, 1.54) is 0 Å². The van der Waals surface area contributed by atoms with Gasteiger partial charge in [0.15, 0.2) is 0 Å². The summed E-state index contributed by atoms with van der Waals surface area (Å²) in [4.78, 5) is 2.04. The SMILES string of the molecule is CNC(C)c1nnc(N2CCOCC2)o1. The van der Waals surface area contributed by atoms with Crippen molar-refractivity contribution in [2.45, 2.75) is 13.0 Å². The molecule has 1 aromatic rings. The Labute approximate surface area is 88.6 Å². The van der Waals surface area contributed by atoms with Crippen molar-refractivity contribution in [3.8, 4) is 0 Å². The van der Waals surface area contributed by atoms with E-state index >= 15 is 0 Å². The summed E-state index contributed by atoms with van der Waals surface area (Å²) in [6.45, 7) is 5.06. The molecule has 0 saturated carbocycles. The van der Waals surface area contributed by atoms with Crippen LogP contribution in [0.2, 0.25) is 0 Å². The van der Waals surface area contributed by atoms with Crippen molar-refractivity contribution in [3.63, 3.8) is 0 Å². The monoisotopic (exact) mass is 212 g/mol. The molecule has 1 unspecified atom stereocenters. The van der Waals surface area contributed by atoms with Gasteiger partial charge in [-0.05, 0) is 14.0 Å². The summed E-state index contributed by atoms with van der Waals surface area (Å²) in [6.07, 6.45) is 0. The van der Waals surface area contributed by atoms with Gasteiger partial charge >= 0.3 is 6.01 Å². The molecule has 2 rings (SSSR count). The van der Waals surface area contributed by atoms with Crippen LogP contribution in [0.3, 0.4) is 0 Å². The molecule has 1 N–H and O–H groups in total. The third kappa shape index (κ3) is 2.27. The molecule has 1 aliphatic rings. The van der Waals surface area contributed by atoms with Crippen molar-refractivity contribution in [1.29, 1.82) is 0 Å². The van der Waals surface area contributed by atoms with Crippen molar-refractivity contribution in [1.82, 2.24) is 15.5 Å². The number of anilines is 1. The van der Waals surface area contributed by atoms with Crippen LogP contribution < -0.4 is 10.2 Å². The standard InChI is InChI=1S/C9H16N4O2/c1-7(10-2)8-11-12-9(15-8)13-3-5-14-6-4-13/h7,10H,3-6H2,1-2H3. The van der Waals surface area contributed by atoms with E-state index in [1.54, 1.807) is 0 Å². The Morgan fingerprint density at radius 3 is 2.73 bits per heavy atom. The van der Waals surface area contributed by atoms with Crippen LogP contribution in [0, 0.1) is 0 Å². The van der Waals surface area contributed by atoms with Crippen LogP contribution in [0.5, 0.6) is 0 Å². The molecule has 84 valence electrons. The zero-order valence-corrected chi connectivity index (χ0v) is 9.06. The lowest BCUT2D eigenvalue weighted by molar-refractivity contribution is 0.120. The van der Waals surface area contributed by atoms with Crippen LogP contribution in [-0.4, -0.2) is 43.5 Å². The molecule has 0 amide bonds. The van der Waals surface area contributed by atoms with E-state index < -0.39 is 0 Å². The van der Waals surface area contributed by atoms with Gasteiger partial charge in [-0.2, -0.15) is 0 Å². The molecule has 2 heterocycles. The number of nitrogens with zero attached hydrogens (tertiary/aromatic N) is 3. The number of ether oxygens (including phenoxy) is 1. The summed E-state index contributed by atoms with van der Waals surface area (Å²) >= 11 is 0. The molecule has 1 saturated heterocycles. The normalized spacial score (nSPS) is 19.2. The summed E-state index contributed by atoms with van der Waals surface area (Å²) in [7, 11) is 1.86. The lowest BCUT2D eigenvalue weighted by atomic mass is 10.3. The van der Waals surface area contributed by atoms with Gasteiger partial charge in [-0.15, -0.1) is 5.10 Å². The van der Waals surface area contributed by atoms with E-state index in [9.17, 15) is 0 Å². The molecule has 0 aliphatic carbocycles. The molecule has 15 heavy (non-hydrogen) atoms. The van der Waals surface area contributed by atoms with Gasteiger partial charge in [0, 0.05) is 13.1 Å².